The van der Waals surface area contributed by atoms with Crippen molar-refractivity contribution in [2.45, 2.75) is 38.5 Å². The van der Waals surface area contributed by atoms with Gasteiger partial charge in [0.1, 0.15) is 0 Å². The van der Waals surface area contributed by atoms with Crippen molar-refractivity contribution in [1.29, 1.82) is 0 Å². The molecule has 2 N–H and O–H groups in total. The highest BCUT2D eigenvalue weighted by atomic mass is 16.5. The van der Waals surface area contributed by atoms with Crippen LogP contribution >= 0.6 is 0 Å². The van der Waals surface area contributed by atoms with Crippen molar-refractivity contribution < 1.29 is 9.53 Å². The summed E-state index contributed by atoms with van der Waals surface area (Å²) in [5, 5.41) is 6.64. The van der Waals surface area contributed by atoms with Gasteiger partial charge in [-0.15, -0.1) is 0 Å². The zero-order valence-electron chi connectivity index (χ0n) is 13.9. The van der Waals surface area contributed by atoms with Crippen molar-refractivity contribution in [2.75, 3.05) is 46.4 Å². The minimum atomic E-state index is 0.137. The van der Waals surface area contributed by atoms with Crippen LogP contribution in [0.1, 0.15) is 38.5 Å². The lowest BCUT2D eigenvalue weighted by molar-refractivity contribution is 0.0185. The molecule has 0 aromatic carbocycles. The van der Waals surface area contributed by atoms with Crippen LogP contribution in [0, 0.1) is 17.3 Å². The first kappa shape index (κ1) is 16.1. The van der Waals surface area contributed by atoms with E-state index >= 15 is 0 Å². The maximum Gasteiger partial charge on any atom is 0.317 e. The van der Waals surface area contributed by atoms with Gasteiger partial charge in [0.2, 0.25) is 0 Å². The SMILES string of the molecule is COCC1(CNC(=O)N2CCCC(C3CCNC3)C2)CCC1. The van der Waals surface area contributed by atoms with Gasteiger partial charge in [0, 0.05) is 32.2 Å². The molecule has 3 aliphatic rings. The van der Waals surface area contributed by atoms with Crippen molar-refractivity contribution in [3.05, 3.63) is 0 Å². The standard InChI is InChI=1S/C17H31N3O2/c1-22-13-17(6-3-7-17)12-19-16(21)20-9-2-4-15(11-20)14-5-8-18-10-14/h14-15,18H,2-13H2,1H3,(H,19,21). The summed E-state index contributed by atoms with van der Waals surface area (Å²) < 4.78 is 5.34. The van der Waals surface area contributed by atoms with Crippen LogP contribution in [0.4, 0.5) is 4.79 Å². The number of piperidine rings is 1. The number of carbonyl (C=O) groups is 1. The number of amides is 2. The molecule has 3 rings (SSSR count). The number of methoxy groups -OCH3 is 1. The molecular formula is C17H31N3O2. The zero-order chi connectivity index (χ0) is 15.4. The lowest BCUT2D eigenvalue weighted by Gasteiger charge is -2.42. The molecule has 0 radical (unpaired) electrons. The van der Waals surface area contributed by atoms with Gasteiger partial charge in [-0.05, 0) is 57.0 Å². The fraction of sp³-hybridized carbons (Fsp3) is 0.941. The second-order valence-electron chi connectivity index (χ2n) is 7.55. The van der Waals surface area contributed by atoms with E-state index in [4.69, 9.17) is 4.74 Å². The molecule has 2 atom stereocenters. The van der Waals surface area contributed by atoms with Crippen molar-refractivity contribution in [3.8, 4) is 0 Å². The summed E-state index contributed by atoms with van der Waals surface area (Å²) in [7, 11) is 1.76. The first-order valence-electron chi connectivity index (χ1n) is 8.95. The maximum absolute atomic E-state index is 12.5. The molecule has 2 amide bonds. The van der Waals surface area contributed by atoms with Gasteiger partial charge in [-0.3, -0.25) is 0 Å². The Morgan fingerprint density at radius 2 is 2.18 bits per heavy atom. The van der Waals surface area contributed by atoms with Gasteiger partial charge in [0.05, 0.1) is 6.61 Å². The Labute approximate surface area is 134 Å². The number of likely N-dealkylation sites (tertiary alicyclic amines) is 1. The number of carbonyl (C=O) groups excluding carboxylic acids is 1. The minimum absolute atomic E-state index is 0.137. The Morgan fingerprint density at radius 3 is 2.82 bits per heavy atom. The first-order valence-corrected chi connectivity index (χ1v) is 8.95. The summed E-state index contributed by atoms with van der Waals surface area (Å²) in [6, 6.07) is 0.137. The van der Waals surface area contributed by atoms with E-state index in [0.29, 0.717) is 5.92 Å². The summed E-state index contributed by atoms with van der Waals surface area (Å²) >= 11 is 0. The van der Waals surface area contributed by atoms with E-state index in [1.807, 2.05) is 4.90 Å². The van der Waals surface area contributed by atoms with Crippen LogP contribution < -0.4 is 10.6 Å². The molecule has 1 saturated carbocycles. The topological polar surface area (TPSA) is 53.6 Å². The molecule has 0 aromatic rings. The lowest BCUT2D eigenvalue weighted by atomic mass is 9.69. The van der Waals surface area contributed by atoms with Crippen LogP contribution in [-0.2, 0) is 4.74 Å². The van der Waals surface area contributed by atoms with E-state index in [-0.39, 0.29) is 11.4 Å². The maximum atomic E-state index is 12.5. The average molecular weight is 309 g/mol. The zero-order valence-corrected chi connectivity index (χ0v) is 13.9. The predicted molar refractivity (Wildman–Crippen MR) is 86.8 cm³/mol. The van der Waals surface area contributed by atoms with Crippen LogP contribution in [0.25, 0.3) is 0 Å². The number of urea groups is 1. The summed E-state index contributed by atoms with van der Waals surface area (Å²) in [6.45, 7) is 5.68. The Hall–Kier alpha value is -0.810. The van der Waals surface area contributed by atoms with Gasteiger partial charge in [-0.25, -0.2) is 4.79 Å². The van der Waals surface area contributed by atoms with Gasteiger partial charge in [0.25, 0.3) is 0 Å². The number of ether oxygens (including phenoxy) is 1. The number of hydrogen-bond acceptors (Lipinski definition) is 3. The molecule has 126 valence electrons. The van der Waals surface area contributed by atoms with Gasteiger partial charge in [0.15, 0.2) is 0 Å². The summed E-state index contributed by atoms with van der Waals surface area (Å²) in [5.41, 5.74) is 0.203. The fourth-order valence-corrected chi connectivity index (χ4v) is 4.39. The monoisotopic (exact) mass is 309 g/mol. The van der Waals surface area contributed by atoms with Crippen LogP contribution in [0.3, 0.4) is 0 Å². The van der Waals surface area contributed by atoms with E-state index in [9.17, 15) is 4.79 Å². The lowest BCUT2D eigenvalue weighted by Crippen LogP contribution is -2.51. The molecule has 2 heterocycles. The average Bonchev–Trinajstić information content (AvgIpc) is 3.04. The molecule has 2 aliphatic heterocycles. The second-order valence-corrected chi connectivity index (χ2v) is 7.55. The summed E-state index contributed by atoms with van der Waals surface area (Å²) in [5.74, 6) is 1.45. The molecule has 2 saturated heterocycles. The Kier molecular flexibility index (Phi) is 5.24. The Morgan fingerprint density at radius 1 is 1.32 bits per heavy atom. The molecule has 0 spiro atoms. The Bertz CT molecular complexity index is 378. The normalized spacial score (nSPS) is 30.9. The number of nitrogens with one attached hydrogen (secondary N) is 2. The molecule has 3 fully saturated rings. The van der Waals surface area contributed by atoms with Crippen molar-refractivity contribution >= 4 is 6.03 Å². The second kappa shape index (κ2) is 7.18. The van der Waals surface area contributed by atoms with E-state index < -0.39 is 0 Å². The highest BCUT2D eigenvalue weighted by Crippen LogP contribution is 2.40. The summed E-state index contributed by atoms with van der Waals surface area (Å²) in [6.07, 6.45) is 7.33. The smallest absolute Gasteiger partial charge is 0.317 e. The Balaban J connectivity index is 1.47. The molecule has 22 heavy (non-hydrogen) atoms. The van der Waals surface area contributed by atoms with Crippen molar-refractivity contribution in [1.82, 2.24) is 15.5 Å². The van der Waals surface area contributed by atoms with Crippen LogP contribution in [0.5, 0.6) is 0 Å². The van der Waals surface area contributed by atoms with Gasteiger partial charge >= 0.3 is 6.03 Å². The van der Waals surface area contributed by atoms with Crippen molar-refractivity contribution in [2.24, 2.45) is 17.3 Å². The molecule has 0 aromatic heterocycles. The predicted octanol–water partition coefficient (Wildman–Crippen LogP) is 1.83. The molecule has 2 unspecified atom stereocenters. The van der Waals surface area contributed by atoms with E-state index in [1.54, 1.807) is 7.11 Å². The molecule has 5 heteroatoms. The van der Waals surface area contributed by atoms with Crippen LogP contribution in [0.15, 0.2) is 0 Å². The number of nitrogens with zero attached hydrogens (tertiary/aromatic N) is 1. The molecular weight excluding hydrogens is 278 g/mol. The summed E-state index contributed by atoms with van der Waals surface area (Å²) in [4.78, 5) is 14.6. The van der Waals surface area contributed by atoms with Gasteiger partial charge in [-0.2, -0.15) is 0 Å². The molecule has 1 aliphatic carbocycles. The number of rotatable bonds is 5. The third-order valence-corrected chi connectivity index (χ3v) is 5.99. The van der Waals surface area contributed by atoms with Crippen molar-refractivity contribution in [3.63, 3.8) is 0 Å². The highest BCUT2D eigenvalue weighted by Gasteiger charge is 2.38. The highest BCUT2D eigenvalue weighted by molar-refractivity contribution is 5.74. The minimum Gasteiger partial charge on any atom is -0.384 e. The third kappa shape index (κ3) is 3.57. The number of hydrogen-bond donors (Lipinski definition) is 2. The molecule has 5 nitrogen and oxygen atoms in total. The van der Waals surface area contributed by atoms with E-state index in [1.165, 1.54) is 32.1 Å². The largest absolute Gasteiger partial charge is 0.384 e. The van der Waals surface area contributed by atoms with Crippen LogP contribution in [-0.4, -0.2) is 57.4 Å². The van der Waals surface area contributed by atoms with Gasteiger partial charge < -0.3 is 20.3 Å². The van der Waals surface area contributed by atoms with Crippen LogP contribution in [0.2, 0.25) is 0 Å². The van der Waals surface area contributed by atoms with E-state index in [2.05, 4.69) is 10.6 Å². The first-order chi connectivity index (χ1) is 10.7. The third-order valence-electron chi connectivity index (χ3n) is 5.99. The quantitative estimate of drug-likeness (QED) is 0.815. The van der Waals surface area contributed by atoms with Gasteiger partial charge in [-0.1, -0.05) is 6.42 Å². The molecule has 0 bridgehead atoms. The van der Waals surface area contributed by atoms with E-state index in [0.717, 1.165) is 51.7 Å². The fourth-order valence-electron chi connectivity index (χ4n) is 4.39.